The highest BCUT2D eigenvalue weighted by Gasteiger charge is 2.30. The zero-order valence-electron chi connectivity index (χ0n) is 18.1. The Morgan fingerprint density at radius 2 is 1.84 bits per heavy atom. The number of rotatable bonds is 6. The molecule has 9 heteroatoms. The van der Waals surface area contributed by atoms with Crippen molar-refractivity contribution in [1.29, 1.82) is 0 Å². The number of aryl methyl sites for hydroxylation is 2. The third-order valence-corrected chi connectivity index (χ3v) is 6.02. The number of hydrogen-bond acceptors (Lipinski definition) is 6. The van der Waals surface area contributed by atoms with Crippen molar-refractivity contribution in [2.75, 3.05) is 5.32 Å². The maximum atomic E-state index is 13.4. The predicted molar refractivity (Wildman–Crippen MR) is 116 cm³/mol. The zero-order chi connectivity index (χ0) is 21.7. The molecule has 160 valence electrons. The average molecular weight is 419 g/mol. The van der Waals surface area contributed by atoms with E-state index in [0.29, 0.717) is 34.0 Å². The lowest BCUT2D eigenvalue weighted by Gasteiger charge is -2.08. The monoisotopic (exact) mass is 419 g/mol. The van der Waals surface area contributed by atoms with Crippen LogP contribution in [0.3, 0.4) is 0 Å². The van der Waals surface area contributed by atoms with E-state index in [2.05, 4.69) is 25.7 Å². The Morgan fingerprint density at radius 3 is 2.48 bits per heavy atom. The van der Waals surface area contributed by atoms with E-state index in [1.165, 1.54) is 0 Å². The van der Waals surface area contributed by atoms with Gasteiger partial charge in [-0.2, -0.15) is 10.2 Å². The summed E-state index contributed by atoms with van der Waals surface area (Å²) >= 11 is 0. The van der Waals surface area contributed by atoms with Gasteiger partial charge in [0.15, 0.2) is 0 Å². The summed E-state index contributed by atoms with van der Waals surface area (Å²) in [6.45, 7) is 9.47. The van der Waals surface area contributed by atoms with E-state index in [0.717, 1.165) is 48.6 Å². The highest BCUT2D eigenvalue weighted by atomic mass is 16.5. The number of fused-ring (bicyclic) bond motifs is 1. The van der Waals surface area contributed by atoms with E-state index in [1.54, 1.807) is 12.4 Å². The third-order valence-electron chi connectivity index (χ3n) is 6.02. The SMILES string of the molecule is CCn1ncc(NC(=O)c2cc(C3CC3)nc3onc(-c4cnn(CC)c4C)c23)c1C. The summed E-state index contributed by atoms with van der Waals surface area (Å²) in [7, 11) is 0. The first-order valence-electron chi connectivity index (χ1n) is 10.7. The fourth-order valence-electron chi connectivity index (χ4n) is 4.00. The molecule has 4 heterocycles. The van der Waals surface area contributed by atoms with Crippen LogP contribution in [-0.4, -0.2) is 35.6 Å². The van der Waals surface area contributed by atoms with E-state index in [4.69, 9.17) is 4.52 Å². The maximum Gasteiger partial charge on any atom is 0.259 e. The molecule has 1 aliphatic carbocycles. The van der Waals surface area contributed by atoms with Crippen molar-refractivity contribution in [3.63, 3.8) is 0 Å². The minimum absolute atomic E-state index is 0.224. The Balaban J connectivity index is 1.64. The summed E-state index contributed by atoms with van der Waals surface area (Å²) in [6, 6.07) is 1.88. The van der Waals surface area contributed by atoms with Crippen LogP contribution >= 0.6 is 0 Å². The van der Waals surface area contributed by atoms with Crippen LogP contribution < -0.4 is 5.32 Å². The van der Waals surface area contributed by atoms with Gasteiger partial charge in [0.2, 0.25) is 0 Å². The molecule has 31 heavy (non-hydrogen) atoms. The Hall–Kier alpha value is -3.49. The Kier molecular flexibility index (Phi) is 4.60. The number of carbonyl (C=O) groups excluding carboxylic acids is 1. The van der Waals surface area contributed by atoms with Crippen LogP contribution in [0.1, 0.15) is 60.0 Å². The van der Waals surface area contributed by atoms with Crippen molar-refractivity contribution in [2.45, 2.75) is 59.5 Å². The molecule has 0 atom stereocenters. The Bertz CT molecular complexity index is 1290. The molecule has 1 fully saturated rings. The molecule has 1 aliphatic rings. The average Bonchev–Trinajstić information content (AvgIpc) is 3.31. The maximum absolute atomic E-state index is 13.4. The first kappa shape index (κ1) is 19.5. The molecule has 4 aromatic rings. The molecule has 5 rings (SSSR count). The molecule has 1 saturated carbocycles. The minimum Gasteiger partial charge on any atom is -0.335 e. The Morgan fingerprint density at radius 1 is 1.13 bits per heavy atom. The first-order valence-corrected chi connectivity index (χ1v) is 10.7. The standard InChI is InChI=1S/C22H25N7O2/c1-5-28-12(3)16(10-23-28)20-19-15(9-17(14-7-8-14)26-22(19)31-27-20)21(30)25-18-11-24-29(6-2)13(18)4/h9-11,14H,5-8H2,1-4H3,(H,25,30). The molecule has 4 aromatic heterocycles. The molecule has 0 saturated heterocycles. The summed E-state index contributed by atoms with van der Waals surface area (Å²) in [4.78, 5) is 18.1. The smallest absolute Gasteiger partial charge is 0.259 e. The lowest BCUT2D eigenvalue weighted by atomic mass is 10.0. The van der Waals surface area contributed by atoms with Crippen molar-refractivity contribution >= 4 is 22.7 Å². The van der Waals surface area contributed by atoms with Gasteiger partial charge in [-0.1, -0.05) is 5.16 Å². The fraction of sp³-hybridized carbons (Fsp3) is 0.409. The number of amides is 1. The van der Waals surface area contributed by atoms with Gasteiger partial charge in [0.05, 0.1) is 34.7 Å². The summed E-state index contributed by atoms with van der Waals surface area (Å²) in [5, 5.41) is 16.7. The lowest BCUT2D eigenvalue weighted by molar-refractivity contribution is 0.102. The van der Waals surface area contributed by atoms with Gasteiger partial charge < -0.3 is 9.84 Å². The van der Waals surface area contributed by atoms with Crippen molar-refractivity contribution in [3.8, 4) is 11.3 Å². The lowest BCUT2D eigenvalue weighted by Crippen LogP contribution is -2.14. The summed E-state index contributed by atoms with van der Waals surface area (Å²) in [6.07, 6.45) is 5.60. The van der Waals surface area contributed by atoms with Gasteiger partial charge in [0.1, 0.15) is 5.69 Å². The molecule has 9 nitrogen and oxygen atoms in total. The number of nitrogens with one attached hydrogen (secondary N) is 1. The number of pyridine rings is 1. The molecular weight excluding hydrogens is 394 g/mol. The molecular formula is C22H25N7O2. The molecule has 0 spiro atoms. The molecule has 0 bridgehead atoms. The molecule has 1 amide bonds. The normalized spacial score (nSPS) is 13.8. The van der Waals surface area contributed by atoms with Crippen LogP contribution in [0.15, 0.2) is 23.0 Å². The minimum atomic E-state index is -0.224. The van der Waals surface area contributed by atoms with Gasteiger partial charge in [0.25, 0.3) is 11.6 Å². The highest BCUT2D eigenvalue weighted by molar-refractivity contribution is 6.15. The molecule has 0 aliphatic heterocycles. The number of hydrogen-bond donors (Lipinski definition) is 1. The van der Waals surface area contributed by atoms with Gasteiger partial charge >= 0.3 is 0 Å². The van der Waals surface area contributed by atoms with Crippen molar-refractivity contribution < 1.29 is 9.32 Å². The van der Waals surface area contributed by atoms with Gasteiger partial charge in [-0.3, -0.25) is 14.2 Å². The second-order valence-electron chi connectivity index (χ2n) is 7.95. The van der Waals surface area contributed by atoms with Crippen LogP contribution in [0.25, 0.3) is 22.4 Å². The molecule has 0 aromatic carbocycles. The molecule has 0 unspecified atom stereocenters. The van der Waals surface area contributed by atoms with Crippen LogP contribution in [0.5, 0.6) is 0 Å². The number of anilines is 1. The largest absolute Gasteiger partial charge is 0.335 e. The van der Waals surface area contributed by atoms with Crippen molar-refractivity contribution in [1.82, 2.24) is 29.7 Å². The molecule has 1 N–H and O–H groups in total. The Labute approximate surface area is 179 Å². The quantitative estimate of drug-likeness (QED) is 0.505. The van der Waals surface area contributed by atoms with Crippen molar-refractivity contribution in [3.05, 3.63) is 41.1 Å². The highest BCUT2D eigenvalue weighted by Crippen LogP contribution is 2.41. The molecule has 0 radical (unpaired) electrons. The van der Waals surface area contributed by atoms with E-state index < -0.39 is 0 Å². The summed E-state index contributed by atoms with van der Waals surface area (Å²) in [5.41, 5.74) is 5.77. The van der Waals surface area contributed by atoms with E-state index >= 15 is 0 Å². The van der Waals surface area contributed by atoms with Gasteiger partial charge in [-0.15, -0.1) is 0 Å². The number of aromatic nitrogens is 6. The van der Waals surface area contributed by atoms with Gasteiger partial charge in [0, 0.05) is 36.0 Å². The fourth-order valence-corrected chi connectivity index (χ4v) is 4.00. The van der Waals surface area contributed by atoms with Crippen LogP contribution in [-0.2, 0) is 13.1 Å². The van der Waals surface area contributed by atoms with E-state index in [-0.39, 0.29) is 5.91 Å². The zero-order valence-corrected chi connectivity index (χ0v) is 18.1. The van der Waals surface area contributed by atoms with Crippen LogP contribution in [0.2, 0.25) is 0 Å². The predicted octanol–water partition coefficient (Wildman–Crippen LogP) is 4.07. The van der Waals surface area contributed by atoms with E-state index in [1.807, 2.05) is 43.1 Å². The van der Waals surface area contributed by atoms with Crippen molar-refractivity contribution in [2.24, 2.45) is 0 Å². The van der Waals surface area contributed by atoms with Gasteiger partial charge in [-0.05, 0) is 46.6 Å². The summed E-state index contributed by atoms with van der Waals surface area (Å²) < 4.78 is 9.35. The van der Waals surface area contributed by atoms with E-state index in [9.17, 15) is 4.79 Å². The second-order valence-corrected chi connectivity index (χ2v) is 7.95. The third kappa shape index (κ3) is 3.20. The van der Waals surface area contributed by atoms with Crippen LogP contribution in [0.4, 0.5) is 5.69 Å². The number of carbonyl (C=O) groups is 1. The first-order chi connectivity index (χ1) is 15.0. The number of nitrogens with zero attached hydrogens (tertiary/aromatic N) is 6. The van der Waals surface area contributed by atoms with Crippen LogP contribution in [0, 0.1) is 13.8 Å². The topological polar surface area (TPSA) is 104 Å². The summed E-state index contributed by atoms with van der Waals surface area (Å²) in [5.74, 6) is 0.150. The van der Waals surface area contributed by atoms with Gasteiger partial charge in [-0.25, -0.2) is 4.98 Å². The second kappa shape index (κ2) is 7.33.